The molecule has 114 heavy (non-hydrogen) atoms. The second-order valence-electron chi connectivity index (χ2n) is 27.0. The van der Waals surface area contributed by atoms with Crippen LogP contribution in [0.25, 0.3) is 66.1 Å². The molecule has 3 fully saturated rings. The number of nitrogens with zero attached hydrogens (tertiary/aromatic N) is 15. The van der Waals surface area contributed by atoms with Gasteiger partial charge in [-0.15, -0.1) is 0 Å². The van der Waals surface area contributed by atoms with Crippen LogP contribution in [0.5, 0.6) is 17.2 Å². The number of anilines is 6. The molecule has 27 nitrogen and oxygen atoms in total. The molecular weight excluding hydrogens is 1550 g/mol. The van der Waals surface area contributed by atoms with E-state index in [0.717, 1.165) is 18.2 Å². The summed E-state index contributed by atoms with van der Waals surface area (Å²) in [7, 11) is 9.86. The van der Waals surface area contributed by atoms with Crippen molar-refractivity contribution in [2.24, 2.45) is 0 Å². The first kappa shape index (κ1) is 84.7. The number of amides is 6. The lowest BCUT2D eigenvalue weighted by molar-refractivity contribution is -0.131. The maximum absolute atomic E-state index is 16.1. The molecular formula is C78H83Cl3F6N18O9. The van der Waals surface area contributed by atoms with Crippen LogP contribution in [0.2, 0.25) is 15.1 Å². The molecule has 6 amide bonds. The molecule has 3 aromatic heterocycles. The molecule has 0 saturated carbocycles. The third-order valence-corrected chi connectivity index (χ3v) is 19.9. The number of aromatic hydroxyl groups is 3. The van der Waals surface area contributed by atoms with E-state index in [-0.39, 0.29) is 168 Å². The molecule has 3 aliphatic heterocycles. The molecule has 0 unspecified atom stereocenters. The van der Waals surface area contributed by atoms with Crippen molar-refractivity contribution >= 4 is 138 Å². The van der Waals surface area contributed by atoms with Crippen LogP contribution in [-0.4, -0.2) is 251 Å². The average molecular weight is 1640 g/mol. The molecule has 0 bridgehead atoms. The minimum absolute atomic E-state index is 0.0496. The van der Waals surface area contributed by atoms with Gasteiger partial charge in [-0.3, -0.25) is 28.8 Å². The van der Waals surface area contributed by atoms with Gasteiger partial charge in [-0.2, -0.15) is 15.0 Å². The van der Waals surface area contributed by atoms with Crippen molar-refractivity contribution in [2.45, 2.75) is 32.6 Å². The van der Waals surface area contributed by atoms with Crippen LogP contribution >= 0.6 is 34.8 Å². The van der Waals surface area contributed by atoms with E-state index < -0.39 is 52.2 Å². The third-order valence-electron chi connectivity index (χ3n) is 19.0. The van der Waals surface area contributed by atoms with Crippen LogP contribution in [0, 0.1) is 34.9 Å². The highest BCUT2D eigenvalue weighted by atomic mass is 35.5. The molecule has 6 aromatic carbocycles. The number of fused-ring (bicyclic) bond motifs is 3. The van der Waals surface area contributed by atoms with Gasteiger partial charge in [-0.05, 0) is 66.7 Å². The number of carbonyl (C=O) groups is 6. The summed E-state index contributed by atoms with van der Waals surface area (Å²) < 4.78 is 92.2. The van der Waals surface area contributed by atoms with Crippen LogP contribution in [0.4, 0.5) is 61.6 Å². The van der Waals surface area contributed by atoms with Gasteiger partial charge in [0.1, 0.15) is 68.7 Å². The zero-order valence-corrected chi connectivity index (χ0v) is 65.6. The Labute approximate surface area is 667 Å². The smallest absolute Gasteiger partial charge is 0.246 e. The Balaban J connectivity index is 0.000000181. The minimum Gasteiger partial charge on any atom is -0.507 e. The first-order valence-corrected chi connectivity index (χ1v) is 37.2. The third kappa shape index (κ3) is 19.0. The monoisotopic (exact) mass is 1630 g/mol. The number of hydrogen-bond acceptors (Lipinski definition) is 21. The summed E-state index contributed by atoms with van der Waals surface area (Å²) in [6, 6.07) is 15.3. The van der Waals surface area contributed by atoms with E-state index in [9.17, 15) is 57.3 Å². The lowest BCUT2D eigenvalue weighted by atomic mass is 10.0. The number of halogens is 9. The predicted octanol–water partition coefficient (Wildman–Crippen LogP) is 11.2. The van der Waals surface area contributed by atoms with Crippen molar-refractivity contribution in [3.05, 3.63) is 148 Å². The van der Waals surface area contributed by atoms with Gasteiger partial charge in [-0.25, -0.2) is 41.3 Å². The Bertz CT molecular complexity index is 4930. The van der Waals surface area contributed by atoms with E-state index in [1.807, 2.05) is 14.7 Å². The number of nitrogens with one attached hydrogen (secondary N) is 3. The number of hydrogen-bond donors (Lipinski definition) is 6. The Hall–Kier alpha value is -11.7. The number of piperazine rings is 3. The van der Waals surface area contributed by atoms with Crippen LogP contribution in [-0.2, 0) is 28.8 Å². The normalized spacial score (nSPS) is 13.5. The highest BCUT2D eigenvalue weighted by Crippen LogP contribution is 2.47. The lowest BCUT2D eigenvalue weighted by Crippen LogP contribution is -2.49. The lowest BCUT2D eigenvalue weighted by Gasteiger charge is -2.36. The summed E-state index contributed by atoms with van der Waals surface area (Å²) in [6.45, 7) is 14.5. The number of rotatable bonds is 21. The van der Waals surface area contributed by atoms with Crippen molar-refractivity contribution in [3.8, 4) is 50.6 Å². The van der Waals surface area contributed by atoms with Gasteiger partial charge in [0.05, 0.1) is 31.8 Å². The van der Waals surface area contributed by atoms with Gasteiger partial charge in [-0.1, -0.05) is 73.1 Å². The van der Waals surface area contributed by atoms with Gasteiger partial charge in [0.25, 0.3) is 0 Å². The molecule has 6 N–H and O–H groups in total. The molecule has 602 valence electrons. The summed E-state index contributed by atoms with van der Waals surface area (Å²) in [4.78, 5) is 114. The molecule has 3 aliphatic rings. The van der Waals surface area contributed by atoms with Crippen molar-refractivity contribution in [1.29, 1.82) is 0 Å². The summed E-state index contributed by atoms with van der Waals surface area (Å²) in [5.74, 6) is -6.01. The van der Waals surface area contributed by atoms with Crippen LogP contribution in [0.1, 0.15) is 32.6 Å². The quantitative estimate of drug-likeness (QED) is 0.0288. The Kier molecular flexibility index (Phi) is 27.7. The molecule has 36 heteroatoms. The second-order valence-corrected chi connectivity index (χ2v) is 28.2. The Morgan fingerprint density at radius 3 is 0.921 bits per heavy atom. The van der Waals surface area contributed by atoms with Crippen LogP contribution in [0.3, 0.4) is 0 Å². The van der Waals surface area contributed by atoms with E-state index in [1.165, 1.54) is 81.4 Å². The number of benzene rings is 6. The predicted molar refractivity (Wildman–Crippen MR) is 427 cm³/mol. The number of carbonyl (C=O) groups excluding carboxylic acids is 6. The summed E-state index contributed by atoms with van der Waals surface area (Å²) in [6.07, 6.45) is 3.39. The first-order chi connectivity index (χ1) is 54.3. The number of phenols is 3. The summed E-state index contributed by atoms with van der Waals surface area (Å²) >= 11 is 19.4. The zero-order valence-electron chi connectivity index (χ0n) is 63.3. The van der Waals surface area contributed by atoms with Gasteiger partial charge in [0.2, 0.25) is 53.3 Å². The van der Waals surface area contributed by atoms with E-state index in [2.05, 4.69) is 59.0 Å². The average Bonchev–Trinajstić information content (AvgIpc) is 0.758. The van der Waals surface area contributed by atoms with E-state index in [0.29, 0.717) is 108 Å². The van der Waals surface area contributed by atoms with Crippen molar-refractivity contribution in [3.63, 3.8) is 0 Å². The topological polar surface area (TPSA) is 306 Å². The molecule has 0 aliphatic carbocycles. The standard InChI is InChI=1S/C26H29ClF2N6O3.2C26H27ClF2N6O3/c3*1-4-19(37)34-10-12-35(13-11-34)25-15-14-16(27)21(22-17(28)6-5-7-18(22)36)23(29)24(15)31-26(32-25)30-9-8-20(38)33(2)3/h5-7,14,36H,4,8-13H2,1-3H3,(H,30,31,32);2*4-7,14,36H,1,8-13H2,2-3H3,(H,30,31,32). The maximum atomic E-state index is 16.1. The van der Waals surface area contributed by atoms with E-state index in [1.54, 1.807) is 63.9 Å². The summed E-state index contributed by atoms with van der Waals surface area (Å²) in [5, 5.41) is 40.3. The zero-order chi connectivity index (χ0) is 82.7. The number of aromatic nitrogens is 6. The molecule has 0 spiro atoms. The summed E-state index contributed by atoms with van der Waals surface area (Å²) in [5.41, 5.74) is -2.47. The van der Waals surface area contributed by atoms with Crippen LogP contribution in [0.15, 0.2) is 98.1 Å². The fourth-order valence-electron chi connectivity index (χ4n) is 12.9. The second kappa shape index (κ2) is 37.3. The van der Waals surface area contributed by atoms with E-state index >= 15 is 13.2 Å². The number of phenolic OH excluding ortho intramolecular Hbond substituents is 3. The molecule has 6 heterocycles. The van der Waals surface area contributed by atoms with E-state index in [4.69, 9.17) is 34.8 Å². The van der Waals surface area contributed by atoms with Crippen molar-refractivity contribution in [2.75, 3.05) is 171 Å². The molecule has 12 rings (SSSR count). The molecule has 0 atom stereocenters. The molecule has 9 aromatic rings. The Morgan fingerprint density at radius 2 is 0.684 bits per heavy atom. The van der Waals surface area contributed by atoms with Gasteiger partial charge in [0, 0.05) is 199 Å². The fourth-order valence-corrected chi connectivity index (χ4v) is 13.8. The minimum atomic E-state index is -0.926. The molecule has 0 radical (unpaired) electrons. The van der Waals surface area contributed by atoms with Crippen LogP contribution < -0.4 is 30.7 Å². The first-order valence-electron chi connectivity index (χ1n) is 36.1. The Morgan fingerprint density at radius 1 is 0.421 bits per heavy atom. The highest BCUT2D eigenvalue weighted by Gasteiger charge is 2.33. The fraction of sp³-hybridized carbons (Fsp3) is 0.333. The highest BCUT2D eigenvalue weighted by molar-refractivity contribution is 6.36. The largest absolute Gasteiger partial charge is 0.507 e. The molecule has 3 saturated heterocycles. The SMILES string of the molecule is C=CC(=O)N1CCN(c2nc(NCCC(=O)N(C)C)nc3c(F)c(-c4c(O)cccc4F)c(Cl)cc23)CC1.C=CC(=O)N1CCN(c2nc(NCCC(=O)N(C)C)nc3c(F)c(-c4c(O)cccc4F)c(Cl)cc23)CC1.CCC(=O)N1CCN(c2nc(NCCC(=O)N(C)C)nc3c(F)c(-c4c(O)cccc4F)c(Cl)cc23)CC1. The van der Waals surface area contributed by atoms with Crippen molar-refractivity contribution < 1.29 is 70.4 Å². The van der Waals surface area contributed by atoms with Gasteiger partial charge < -0.3 is 75.4 Å². The van der Waals surface area contributed by atoms with Gasteiger partial charge in [0.15, 0.2) is 17.5 Å². The maximum Gasteiger partial charge on any atom is 0.246 e. The van der Waals surface area contributed by atoms with Crippen molar-refractivity contribution in [1.82, 2.24) is 59.3 Å². The van der Waals surface area contributed by atoms with Gasteiger partial charge >= 0.3 is 0 Å².